The Balaban J connectivity index is 1.35. The Morgan fingerprint density at radius 3 is 2.83 bits per heavy atom. The van der Waals surface area contributed by atoms with Crippen molar-refractivity contribution in [2.45, 2.75) is 31.7 Å². The molecule has 30 heavy (non-hydrogen) atoms. The first-order valence-corrected chi connectivity index (χ1v) is 10.1. The molecule has 0 spiro atoms. The van der Waals surface area contributed by atoms with Crippen molar-refractivity contribution in [3.8, 4) is 11.6 Å². The molecule has 3 aromatic rings. The van der Waals surface area contributed by atoms with Gasteiger partial charge in [0.25, 0.3) is 0 Å². The predicted molar refractivity (Wildman–Crippen MR) is 113 cm³/mol. The highest BCUT2D eigenvalue weighted by atomic mass is 19.1. The Labute approximate surface area is 175 Å². The third-order valence-electron chi connectivity index (χ3n) is 5.39. The van der Waals surface area contributed by atoms with Gasteiger partial charge in [0.2, 0.25) is 11.8 Å². The lowest BCUT2D eigenvalue weighted by Crippen LogP contribution is -2.35. The third kappa shape index (κ3) is 5.02. The zero-order valence-electron chi connectivity index (χ0n) is 16.6. The molecule has 1 heterocycles. The summed E-state index contributed by atoms with van der Waals surface area (Å²) in [6, 6.07) is 16.5. The van der Waals surface area contributed by atoms with Crippen LogP contribution in [0.4, 0.5) is 4.39 Å². The highest BCUT2D eigenvalue weighted by Crippen LogP contribution is 2.28. The van der Waals surface area contributed by atoms with Crippen LogP contribution in [0.3, 0.4) is 0 Å². The SMILES string of the molecule is NC(=O)c1ccc(Oc2ccc3c(c2)CC(NCCc2cccc(F)c2)CC3)nc1. The van der Waals surface area contributed by atoms with Gasteiger partial charge in [0.1, 0.15) is 11.6 Å². The number of pyridine rings is 1. The van der Waals surface area contributed by atoms with Crippen LogP contribution < -0.4 is 15.8 Å². The molecule has 4 rings (SSSR count). The predicted octanol–water partition coefficient (Wildman–Crippen LogP) is 3.80. The average molecular weight is 405 g/mol. The molecule has 5 nitrogen and oxygen atoms in total. The number of primary amides is 1. The van der Waals surface area contributed by atoms with Gasteiger partial charge in [0, 0.05) is 18.3 Å². The van der Waals surface area contributed by atoms with Crippen LogP contribution in [0.2, 0.25) is 0 Å². The topological polar surface area (TPSA) is 77.2 Å². The number of nitrogens with two attached hydrogens (primary N) is 1. The van der Waals surface area contributed by atoms with Crippen molar-refractivity contribution < 1.29 is 13.9 Å². The maximum atomic E-state index is 13.3. The van der Waals surface area contributed by atoms with Gasteiger partial charge in [-0.05, 0) is 79.3 Å². The molecule has 1 aromatic heterocycles. The number of nitrogens with one attached hydrogen (secondary N) is 1. The van der Waals surface area contributed by atoms with Crippen molar-refractivity contribution in [3.63, 3.8) is 0 Å². The molecule has 1 aliphatic carbocycles. The van der Waals surface area contributed by atoms with Gasteiger partial charge in [-0.3, -0.25) is 4.79 Å². The number of nitrogens with zero attached hydrogens (tertiary/aromatic N) is 1. The van der Waals surface area contributed by atoms with Gasteiger partial charge < -0.3 is 15.8 Å². The van der Waals surface area contributed by atoms with Crippen molar-refractivity contribution in [2.24, 2.45) is 5.73 Å². The summed E-state index contributed by atoms with van der Waals surface area (Å²) < 4.78 is 19.2. The van der Waals surface area contributed by atoms with Crippen molar-refractivity contribution >= 4 is 5.91 Å². The lowest BCUT2D eigenvalue weighted by molar-refractivity contribution is 0.1000. The van der Waals surface area contributed by atoms with Crippen molar-refractivity contribution in [3.05, 3.63) is 88.9 Å². The van der Waals surface area contributed by atoms with E-state index in [0.717, 1.165) is 37.8 Å². The van der Waals surface area contributed by atoms with Crippen LogP contribution in [0, 0.1) is 5.82 Å². The van der Waals surface area contributed by atoms with Crippen molar-refractivity contribution in [1.29, 1.82) is 0 Å². The molecule has 2 aromatic carbocycles. The molecule has 1 amide bonds. The number of carbonyl (C=O) groups is 1. The Bertz CT molecular complexity index is 1040. The zero-order chi connectivity index (χ0) is 20.9. The largest absolute Gasteiger partial charge is 0.439 e. The lowest BCUT2D eigenvalue weighted by atomic mass is 9.88. The van der Waals surface area contributed by atoms with E-state index in [1.807, 2.05) is 12.1 Å². The van der Waals surface area contributed by atoms with E-state index in [1.54, 1.807) is 24.3 Å². The molecular weight excluding hydrogens is 381 g/mol. The minimum Gasteiger partial charge on any atom is -0.439 e. The number of amides is 1. The van der Waals surface area contributed by atoms with E-state index in [0.29, 0.717) is 23.2 Å². The normalized spacial score (nSPS) is 15.4. The van der Waals surface area contributed by atoms with E-state index < -0.39 is 5.91 Å². The van der Waals surface area contributed by atoms with Crippen LogP contribution in [0.5, 0.6) is 11.6 Å². The Kier molecular flexibility index (Phi) is 6.05. The third-order valence-corrected chi connectivity index (χ3v) is 5.39. The quantitative estimate of drug-likeness (QED) is 0.627. The highest BCUT2D eigenvalue weighted by molar-refractivity contribution is 5.92. The molecule has 3 N–H and O–H groups in total. The number of rotatable bonds is 7. The lowest BCUT2D eigenvalue weighted by Gasteiger charge is -2.26. The van der Waals surface area contributed by atoms with Crippen LogP contribution >= 0.6 is 0 Å². The minimum absolute atomic E-state index is 0.189. The van der Waals surface area contributed by atoms with E-state index >= 15 is 0 Å². The van der Waals surface area contributed by atoms with Gasteiger partial charge in [-0.2, -0.15) is 0 Å². The number of hydrogen-bond acceptors (Lipinski definition) is 4. The molecule has 6 heteroatoms. The smallest absolute Gasteiger partial charge is 0.250 e. The summed E-state index contributed by atoms with van der Waals surface area (Å²) in [5, 5.41) is 3.60. The van der Waals surface area contributed by atoms with Crippen LogP contribution in [0.15, 0.2) is 60.8 Å². The van der Waals surface area contributed by atoms with E-state index in [1.165, 1.54) is 23.4 Å². The van der Waals surface area contributed by atoms with E-state index in [2.05, 4.69) is 22.4 Å². The van der Waals surface area contributed by atoms with Crippen molar-refractivity contribution in [2.75, 3.05) is 6.54 Å². The van der Waals surface area contributed by atoms with E-state index in [4.69, 9.17) is 10.5 Å². The first-order chi connectivity index (χ1) is 14.6. The molecule has 0 aliphatic heterocycles. The second-order valence-electron chi connectivity index (χ2n) is 7.56. The van der Waals surface area contributed by atoms with Gasteiger partial charge in [-0.25, -0.2) is 9.37 Å². The van der Waals surface area contributed by atoms with Crippen molar-refractivity contribution in [1.82, 2.24) is 10.3 Å². The number of ether oxygens (including phenoxy) is 1. The minimum atomic E-state index is -0.515. The molecule has 1 aliphatic rings. The number of carbonyl (C=O) groups excluding carboxylic acids is 1. The van der Waals surface area contributed by atoms with Gasteiger partial charge in [0.15, 0.2) is 0 Å². The summed E-state index contributed by atoms with van der Waals surface area (Å²) in [6.07, 6.45) is 5.22. The number of halogens is 1. The summed E-state index contributed by atoms with van der Waals surface area (Å²) in [7, 11) is 0. The fraction of sp³-hybridized carbons (Fsp3) is 0.250. The summed E-state index contributed by atoms with van der Waals surface area (Å²) in [5.41, 5.74) is 9.18. The molecule has 154 valence electrons. The highest BCUT2D eigenvalue weighted by Gasteiger charge is 2.19. The maximum Gasteiger partial charge on any atom is 0.250 e. The average Bonchev–Trinajstić information content (AvgIpc) is 2.74. The summed E-state index contributed by atoms with van der Waals surface area (Å²) in [4.78, 5) is 15.3. The second kappa shape index (κ2) is 9.05. The standard InChI is InChI=1S/C24H24FN3O2/c25-20-3-1-2-16(12-20)10-11-27-21-7-4-17-5-8-22(14-19(17)13-21)30-23-9-6-18(15-28-23)24(26)29/h1-3,5-6,8-9,12,14-15,21,27H,4,7,10-11,13H2,(H2,26,29). The second-order valence-corrected chi connectivity index (χ2v) is 7.56. The number of fused-ring (bicyclic) bond motifs is 1. The van der Waals surface area contributed by atoms with E-state index in [9.17, 15) is 9.18 Å². The Morgan fingerprint density at radius 1 is 1.17 bits per heavy atom. The fourth-order valence-electron chi connectivity index (χ4n) is 3.79. The Hall–Kier alpha value is -3.25. The molecule has 1 unspecified atom stereocenters. The first-order valence-electron chi connectivity index (χ1n) is 10.1. The molecule has 0 bridgehead atoms. The molecule has 0 saturated heterocycles. The number of aromatic nitrogens is 1. The van der Waals surface area contributed by atoms with Crippen LogP contribution in [0.1, 0.15) is 33.5 Å². The number of hydrogen-bond donors (Lipinski definition) is 2. The van der Waals surface area contributed by atoms with Gasteiger partial charge in [-0.1, -0.05) is 18.2 Å². The Morgan fingerprint density at radius 2 is 2.07 bits per heavy atom. The molecule has 0 radical (unpaired) electrons. The maximum absolute atomic E-state index is 13.3. The fourth-order valence-corrected chi connectivity index (χ4v) is 3.79. The first kappa shape index (κ1) is 20.0. The van der Waals surface area contributed by atoms with Crippen LogP contribution in [0.25, 0.3) is 0 Å². The van der Waals surface area contributed by atoms with Crippen LogP contribution in [-0.4, -0.2) is 23.5 Å². The molecular formula is C24H24FN3O2. The number of aryl methyl sites for hydroxylation is 1. The summed E-state index contributed by atoms with van der Waals surface area (Å²) in [5.74, 6) is 0.429. The van der Waals surface area contributed by atoms with E-state index in [-0.39, 0.29) is 5.82 Å². The van der Waals surface area contributed by atoms with Gasteiger partial charge in [-0.15, -0.1) is 0 Å². The zero-order valence-corrected chi connectivity index (χ0v) is 16.6. The van der Waals surface area contributed by atoms with Crippen LogP contribution in [-0.2, 0) is 19.3 Å². The summed E-state index contributed by atoms with van der Waals surface area (Å²) >= 11 is 0. The molecule has 0 fully saturated rings. The summed E-state index contributed by atoms with van der Waals surface area (Å²) in [6.45, 7) is 0.815. The number of benzene rings is 2. The van der Waals surface area contributed by atoms with Gasteiger partial charge >= 0.3 is 0 Å². The molecule has 1 atom stereocenters. The molecule has 0 saturated carbocycles. The van der Waals surface area contributed by atoms with Gasteiger partial charge in [0.05, 0.1) is 5.56 Å². The monoisotopic (exact) mass is 405 g/mol.